The van der Waals surface area contributed by atoms with Crippen molar-refractivity contribution < 1.29 is 0 Å². The zero-order valence-corrected chi connectivity index (χ0v) is 8.01. The van der Waals surface area contributed by atoms with Gasteiger partial charge in [0, 0.05) is 25.0 Å². The van der Waals surface area contributed by atoms with Crippen LogP contribution in [0.5, 0.6) is 0 Å². The van der Waals surface area contributed by atoms with Crippen molar-refractivity contribution >= 4 is 0 Å². The van der Waals surface area contributed by atoms with Crippen LogP contribution in [0.25, 0.3) is 0 Å². The van der Waals surface area contributed by atoms with Gasteiger partial charge in [-0.25, -0.2) is 0 Å². The standard InChI is InChI=1S/C12H14N2/c13-12(10-14-8-4-5-9-14)11-6-2-1-3-7-11/h1-9,12H,10,13H2. The Morgan fingerprint density at radius 2 is 1.64 bits per heavy atom. The third kappa shape index (κ3) is 2.03. The molecular weight excluding hydrogens is 172 g/mol. The van der Waals surface area contributed by atoms with E-state index in [0.29, 0.717) is 0 Å². The molecule has 0 aliphatic heterocycles. The molecule has 0 saturated carbocycles. The van der Waals surface area contributed by atoms with E-state index in [0.717, 1.165) is 6.54 Å². The van der Waals surface area contributed by atoms with E-state index in [1.807, 2.05) is 42.7 Å². The summed E-state index contributed by atoms with van der Waals surface area (Å²) < 4.78 is 2.09. The predicted octanol–water partition coefficient (Wildman–Crippen LogP) is 2.19. The van der Waals surface area contributed by atoms with Gasteiger partial charge in [-0.1, -0.05) is 30.3 Å². The fourth-order valence-electron chi connectivity index (χ4n) is 1.52. The highest BCUT2D eigenvalue weighted by Crippen LogP contribution is 2.11. The van der Waals surface area contributed by atoms with Gasteiger partial charge in [-0.05, 0) is 17.7 Å². The fourth-order valence-corrected chi connectivity index (χ4v) is 1.52. The second-order valence-corrected chi connectivity index (χ2v) is 3.40. The summed E-state index contributed by atoms with van der Waals surface area (Å²) in [7, 11) is 0. The molecule has 2 heteroatoms. The summed E-state index contributed by atoms with van der Waals surface area (Å²) in [6.45, 7) is 0.830. The fraction of sp³-hybridized carbons (Fsp3) is 0.167. The van der Waals surface area contributed by atoms with Crippen molar-refractivity contribution in [2.75, 3.05) is 0 Å². The van der Waals surface area contributed by atoms with Gasteiger partial charge in [-0.2, -0.15) is 0 Å². The van der Waals surface area contributed by atoms with Crippen LogP contribution < -0.4 is 5.73 Å². The molecule has 1 heterocycles. The molecule has 2 rings (SSSR count). The van der Waals surface area contributed by atoms with E-state index >= 15 is 0 Å². The molecule has 1 aromatic heterocycles. The lowest BCUT2D eigenvalue weighted by Gasteiger charge is -2.12. The van der Waals surface area contributed by atoms with Gasteiger partial charge in [0.15, 0.2) is 0 Å². The first-order valence-electron chi connectivity index (χ1n) is 4.77. The molecule has 0 aliphatic carbocycles. The lowest BCUT2D eigenvalue weighted by atomic mass is 10.1. The normalized spacial score (nSPS) is 12.6. The number of rotatable bonds is 3. The third-order valence-corrected chi connectivity index (χ3v) is 2.30. The lowest BCUT2D eigenvalue weighted by molar-refractivity contribution is 0.579. The first-order chi connectivity index (χ1) is 6.86. The molecule has 1 atom stereocenters. The molecule has 72 valence electrons. The van der Waals surface area contributed by atoms with Crippen LogP contribution in [0.1, 0.15) is 11.6 Å². The first kappa shape index (κ1) is 9.03. The summed E-state index contributed by atoms with van der Waals surface area (Å²) in [6, 6.07) is 14.3. The molecule has 0 bridgehead atoms. The molecule has 0 amide bonds. The van der Waals surface area contributed by atoms with Gasteiger partial charge in [-0.3, -0.25) is 0 Å². The zero-order chi connectivity index (χ0) is 9.80. The van der Waals surface area contributed by atoms with Gasteiger partial charge >= 0.3 is 0 Å². The number of hydrogen-bond donors (Lipinski definition) is 1. The summed E-state index contributed by atoms with van der Waals surface area (Å²) in [5.74, 6) is 0. The van der Waals surface area contributed by atoms with Crippen molar-refractivity contribution in [2.24, 2.45) is 5.73 Å². The molecule has 14 heavy (non-hydrogen) atoms. The van der Waals surface area contributed by atoms with E-state index in [4.69, 9.17) is 5.73 Å². The minimum Gasteiger partial charge on any atom is -0.352 e. The smallest absolute Gasteiger partial charge is 0.0477 e. The first-order valence-corrected chi connectivity index (χ1v) is 4.77. The number of aromatic nitrogens is 1. The number of nitrogens with zero attached hydrogens (tertiary/aromatic N) is 1. The summed E-state index contributed by atoms with van der Waals surface area (Å²) >= 11 is 0. The predicted molar refractivity (Wildman–Crippen MR) is 57.8 cm³/mol. The summed E-state index contributed by atoms with van der Waals surface area (Å²) in [5.41, 5.74) is 7.25. The van der Waals surface area contributed by atoms with Crippen molar-refractivity contribution in [2.45, 2.75) is 12.6 Å². The Labute approximate surface area is 84.0 Å². The van der Waals surface area contributed by atoms with Gasteiger partial charge in [0.2, 0.25) is 0 Å². The Hall–Kier alpha value is -1.54. The third-order valence-electron chi connectivity index (χ3n) is 2.30. The topological polar surface area (TPSA) is 30.9 Å². The van der Waals surface area contributed by atoms with E-state index in [1.54, 1.807) is 0 Å². The van der Waals surface area contributed by atoms with Gasteiger partial charge in [0.1, 0.15) is 0 Å². The molecule has 0 saturated heterocycles. The second-order valence-electron chi connectivity index (χ2n) is 3.40. The Kier molecular flexibility index (Phi) is 2.65. The minimum atomic E-state index is 0.0728. The van der Waals surface area contributed by atoms with Crippen molar-refractivity contribution in [3.05, 3.63) is 60.4 Å². The number of benzene rings is 1. The highest BCUT2D eigenvalue weighted by Gasteiger charge is 2.04. The molecule has 1 aromatic carbocycles. The maximum absolute atomic E-state index is 6.07. The van der Waals surface area contributed by atoms with Crippen LogP contribution in [0, 0.1) is 0 Å². The maximum atomic E-state index is 6.07. The van der Waals surface area contributed by atoms with E-state index in [2.05, 4.69) is 16.7 Å². The average molecular weight is 186 g/mol. The lowest BCUT2D eigenvalue weighted by Crippen LogP contribution is -2.16. The van der Waals surface area contributed by atoms with Gasteiger partial charge in [0.25, 0.3) is 0 Å². The summed E-state index contributed by atoms with van der Waals surface area (Å²) in [6.07, 6.45) is 4.06. The largest absolute Gasteiger partial charge is 0.352 e. The molecule has 2 N–H and O–H groups in total. The second kappa shape index (κ2) is 4.11. The summed E-state index contributed by atoms with van der Waals surface area (Å²) in [5, 5.41) is 0. The van der Waals surface area contributed by atoms with Crippen LogP contribution in [0.4, 0.5) is 0 Å². The van der Waals surface area contributed by atoms with Crippen molar-refractivity contribution in [1.29, 1.82) is 0 Å². The van der Waals surface area contributed by atoms with Crippen molar-refractivity contribution in [1.82, 2.24) is 4.57 Å². The molecule has 0 spiro atoms. The van der Waals surface area contributed by atoms with Crippen LogP contribution >= 0.6 is 0 Å². The molecule has 2 aromatic rings. The van der Waals surface area contributed by atoms with Crippen LogP contribution in [0.3, 0.4) is 0 Å². The Morgan fingerprint density at radius 1 is 1.00 bits per heavy atom. The van der Waals surface area contributed by atoms with E-state index in [-0.39, 0.29) is 6.04 Å². The van der Waals surface area contributed by atoms with Crippen LogP contribution in [0.15, 0.2) is 54.9 Å². The maximum Gasteiger partial charge on any atom is 0.0477 e. The minimum absolute atomic E-state index is 0.0728. The highest BCUT2D eigenvalue weighted by molar-refractivity contribution is 5.18. The molecule has 0 aliphatic rings. The average Bonchev–Trinajstić information content (AvgIpc) is 2.72. The quantitative estimate of drug-likeness (QED) is 0.782. The van der Waals surface area contributed by atoms with Gasteiger partial charge in [0.05, 0.1) is 0 Å². The monoisotopic (exact) mass is 186 g/mol. The molecule has 0 fully saturated rings. The number of nitrogens with two attached hydrogens (primary N) is 1. The van der Waals surface area contributed by atoms with E-state index in [9.17, 15) is 0 Å². The van der Waals surface area contributed by atoms with Crippen molar-refractivity contribution in [3.63, 3.8) is 0 Å². The van der Waals surface area contributed by atoms with Crippen LogP contribution in [0.2, 0.25) is 0 Å². The molecule has 0 radical (unpaired) electrons. The Bertz CT molecular complexity index is 364. The van der Waals surface area contributed by atoms with Gasteiger partial charge < -0.3 is 10.3 Å². The SMILES string of the molecule is NC(Cn1cccc1)c1ccccc1. The molecule has 1 unspecified atom stereocenters. The van der Waals surface area contributed by atoms with E-state index < -0.39 is 0 Å². The van der Waals surface area contributed by atoms with E-state index in [1.165, 1.54) is 5.56 Å². The Balaban J connectivity index is 2.07. The van der Waals surface area contributed by atoms with Crippen molar-refractivity contribution in [3.8, 4) is 0 Å². The summed E-state index contributed by atoms with van der Waals surface area (Å²) in [4.78, 5) is 0. The van der Waals surface area contributed by atoms with Crippen LogP contribution in [-0.2, 0) is 6.54 Å². The molecule has 2 nitrogen and oxygen atoms in total. The van der Waals surface area contributed by atoms with Gasteiger partial charge in [-0.15, -0.1) is 0 Å². The van der Waals surface area contributed by atoms with Crippen LogP contribution in [-0.4, -0.2) is 4.57 Å². The zero-order valence-electron chi connectivity index (χ0n) is 8.01. The molecular formula is C12H14N2. The number of hydrogen-bond acceptors (Lipinski definition) is 1. The Morgan fingerprint density at radius 3 is 2.29 bits per heavy atom. The highest BCUT2D eigenvalue weighted by atomic mass is 15.0.